The van der Waals surface area contributed by atoms with Gasteiger partial charge >= 0.3 is 0 Å². The first kappa shape index (κ1) is 21.0. The molecule has 0 atom stereocenters. The molecule has 0 fully saturated rings. The number of rotatable bonds is 3. The van der Waals surface area contributed by atoms with E-state index in [0.29, 0.717) is 0 Å². The molecule has 0 unspecified atom stereocenters. The lowest BCUT2D eigenvalue weighted by atomic mass is 9.99. The second-order valence-electron chi connectivity index (χ2n) is 9.81. The van der Waals surface area contributed by atoms with Gasteiger partial charge in [-0.1, -0.05) is 84.9 Å². The highest BCUT2D eigenvalue weighted by molar-refractivity contribution is 6.12. The minimum atomic E-state index is 0.921. The van der Waals surface area contributed by atoms with Crippen LogP contribution in [0.1, 0.15) is 0 Å². The van der Waals surface area contributed by atoms with Crippen molar-refractivity contribution in [2.45, 2.75) is 0 Å². The van der Waals surface area contributed by atoms with Crippen molar-refractivity contribution in [2.24, 2.45) is 0 Å². The van der Waals surface area contributed by atoms with Crippen LogP contribution in [-0.4, -0.2) is 4.57 Å². The van der Waals surface area contributed by atoms with Gasteiger partial charge < -0.3 is 8.98 Å². The lowest BCUT2D eigenvalue weighted by Crippen LogP contribution is -1.93. The van der Waals surface area contributed by atoms with E-state index in [4.69, 9.17) is 4.42 Å². The Bertz CT molecular complexity index is 2110. The zero-order valence-corrected chi connectivity index (χ0v) is 20.6. The van der Waals surface area contributed by atoms with Crippen LogP contribution in [0.15, 0.2) is 144 Å². The Labute approximate surface area is 220 Å². The Balaban J connectivity index is 1.39. The van der Waals surface area contributed by atoms with Crippen molar-refractivity contribution in [1.82, 2.24) is 4.57 Å². The Hall–Kier alpha value is -5.08. The molecule has 6 aromatic carbocycles. The third-order valence-corrected chi connectivity index (χ3v) is 7.60. The van der Waals surface area contributed by atoms with Crippen molar-refractivity contribution in [3.05, 3.63) is 140 Å². The van der Waals surface area contributed by atoms with Gasteiger partial charge in [-0.3, -0.25) is 0 Å². The van der Waals surface area contributed by atoms with E-state index in [-0.39, 0.29) is 0 Å². The number of para-hydroxylation sites is 2. The standard InChI is InChI=1S/C36H23NO/c1-3-9-24(10-4-1)25-15-18-33-30(21-25)31-22-26(16-19-34(31)37(33)28-11-5-2-6-12-28)27-17-20-36-32(23-27)29-13-7-8-14-35(29)38-36/h1-23H. The van der Waals surface area contributed by atoms with Crippen LogP contribution in [0.5, 0.6) is 0 Å². The summed E-state index contributed by atoms with van der Waals surface area (Å²) in [7, 11) is 0. The fourth-order valence-corrected chi connectivity index (χ4v) is 5.77. The molecule has 0 aliphatic heterocycles. The number of hydrogen-bond donors (Lipinski definition) is 0. The molecule has 0 bridgehead atoms. The van der Waals surface area contributed by atoms with Crippen LogP contribution in [-0.2, 0) is 0 Å². The molecule has 2 heterocycles. The number of fused-ring (bicyclic) bond motifs is 6. The largest absolute Gasteiger partial charge is 0.456 e. The first-order valence-corrected chi connectivity index (χ1v) is 12.9. The van der Waals surface area contributed by atoms with Crippen molar-refractivity contribution in [1.29, 1.82) is 0 Å². The molecule has 0 aliphatic rings. The Morgan fingerprint density at radius 2 is 0.895 bits per heavy atom. The van der Waals surface area contributed by atoms with Gasteiger partial charge in [0.2, 0.25) is 0 Å². The van der Waals surface area contributed by atoms with E-state index < -0.39 is 0 Å². The van der Waals surface area contributed by atoms with Gasteiger partial charge in [0.25, 0.3) is 0 Å². The molecule has 38 heavy (non-hydrogen) atoms. The van der Waals surface area contributed by atoms with Crippen molar-refractivity contribution in [3.63, 3.8) is 0 Å². The maximum atomic E-state index is 6.08. The fraction of sp³-hybridized carbons (Fsp3) is 0. The summed E-state index contributed by atoms with van der Waals surface area (Å²) in [4.78, 5) is 0. The Morgan fingerprint density at radius 3 is 1.61 bits per heavy atom. The molecular formula is C36H23NO. The average molecular weight is 486 g/mol. The van der Waals surface area contributed by atoms with E-state index in [2.05, 4.69) is 132 Å². The first-order chi connectivity index (χ1) is 18.8. The van der Waals surface area contributed by atoms with Crippen LogP contribution < -0.4 is 0 Å². The Morgan fingerprint density at radius 1 is 0.368 bits per heavy atom. The predicted octanol–water partition coefficient (Wildman–Crippen LogP) is 10.0. The van der Waals surface area contributed by atoms with Crippen LogP contribution in [0.25, 0.3) is 71.7 Å². The van der Waals surface area contributed by atoms with Crippen molar-refractivity contribution in [2.75, 3.05) is 0 Å². The molecule has 0 amide bonds. The summed E-state index contributed by atoms with van der Waals surface area (Å²) in [6.07, 6.45) is 0. The van der Waals surface area contributed by atoms with E-state index in [1.54, 1.807) is 0 Å². The molecule has 0 radical (unpaired) electrons. The van der Waals surface area contributed by atoms with Gasteiger partial charge in [0.1, 0.15) is 11.2 Å². The third kappa shape index (κ3) is 3.21. The van der Waals surface area contributed by atoms with Crippen LogP contribution in [0, 0.1) is 0 Å². The maximum Gasteiger partial charge on any atom is 0.135 e. The SMILES string of the molecule is c1ccc(-c2ccc3c(c2)c2cc(-c4ccc5oc6ccccc6c5c4)ccc2n3-c2ccccc2)cc1. The van der Waals surface area contributed by atoms with E-state index >= 15 is 0 Å². The van der Waals surface area contributed by atoms with Gasteiger partial charge in [-0.05, 0) is 76.9 Å². The zero-order chi connectivity index (χ0) is 25.1. The number of furan rings is 1. The molecule has 0 saturated heterocycles. The zero-order valence-electron chi connectivity index (χ0n) is 20.6. The first-order valence-electron chi connectivity index (χ1n) is 12.9. The number of aromatic nitrogens is 1. The van der Waals surface area contributed by atoms with Gasteiger partial charge in [-0.25, -0.2) is 0 Å². The van der Waals surface area contributed by atoms with E-state index in [1.165, 1.54) is 49.7 Å². The molecular weight excluding hydrogens is 462 g/mol. The van der Waals surface area contributed by atoms with Crippen LogP contribution in [0.3, 0.4) is 0 Å². The fourth-order valence-electron chi connectivity index (χ4n) is 5.77. The highest BCUT2D eigenvalue weighted by Crippen LogP contribution is 2.38. The van der Waals surface area contributed by atoms with E-state index in [0.717, 1.165) is 21.9 Å². The predicted molar refractivity (Wildman–Crippen MR) is 159 cm³/mol. The van der Waals surface area contributed by atoms with Crippen molar-refractivity contribution >= 4 is 43.7 Å². The lowest BCUT2D eigenvalue weighted by molar-refractivity contribution is 0.669. The quantitative estimate of drug-likeness (QED) is 0.243. The van der Waals surface area contributed by atoms with Crippen LogP contribution in [0.2, 0.25) is 0 Å². The summed E-state index contributed by atoms with van der Waals surface area (Å²) in [5, 5.41) is 4.80. The molecule has 8 rings (SSSR count). The van der Waals surface area contributed by atoms with Gasteiger partial charge in [0.05, 0.1) is 11.0 Å². The topological polar surface area (TPSA) is 18.1 Å². The smallest absolute Gasteiger partial charge is 0.135 e. The summed E-state index contributed by atoms with van der Waals surface area (Å²) < 4.78 is 8.45. The molecule has 2 aromatic heterocycles. The average Bonchev–Trinajstić information content (AvgIpc) is 3.52. The van der Waals surface area contributed by atoms with Crippen molar-refractivity contribution in [3.8, 4) is 27.9 Å². The van der Waals surface area contributed by atoms with Gasteiger partial charge in [-0.2, -0.15) is 0 Å². The van der Waals surface area contributed by atoms with Gasteiger partial charge in [0, 0.05) is 27.2 Å². The number of benzene rings is 6. The van der Waals surface area contributed by atoms with Crippen LogP contribution in [0.4, 0.5) is 0 Å². The molecule has 178 valence electrons. The second kappa shape index (κ2) is 8.22. The summed E-state index contributed by atoms with van der Waals surface area (Å²) in [5.74, 6) is 0. The monoisotopic (exact) mass is 485 g/mol. The molecule has 2 nitrogen and oxygen atoms in total. The lowest BCUT2D eigenvalue weighted by Gasteiger charge is -2.08. The summed E-state index contributed by atoms with van der Waals surface area (Å²) in [6, 6.07) is 49.7. The molecule has 0 saturated carbocycles. The minimum absolute atomic E-state index is 0.921. The maximum absolute atomic E-state index is 6.08. The molecule has 8 aromatic rings. The van der Waals surface area contributed by atoms with Crippen LogP contribution >= 0.6 is 0 Å². The van der Waals surface area contributed by atoms with E-state index in [9.17, 15) is 0 Å². The number of hydrogen-bond acceptors (Lipinski definition) is 1. The molecule has 2 heteroatoms. The Kier molecular flexibility index (Phi) is 4.55. The molecule has 0 spiro atoms. The van der Waals surface area contributed by atoms with Crippen molar-refractivity contribution < 1.29 is 4.42 Å². The van der Waals surface area contributed by atoms with Gasteiger partial charge in [-0.15, -0.1) is 0 Å². The highest BCUT2D eigenvalue weighted by Gasteiger charge is 2.15. The summed E-state index contributed by atoms with van der Waals surface area (Å²) >= 11 is 0. The molecule has 0 N–H and O–H groups in total. The third-order valence-electron chi connectivity index (χ3n) is 7.60. The molecule has 0 aliphatic carbocycles. The van der Waals surface area contributed by atoms with Gasteiger partial charge in [0.15, 0.2) is 0 Å². The summed E-state index contributed by atoms with van der Waals surface area (Å²) in [6.45, 7) is 0. The summed E-state index contributed by atoms with van der Waals surface area (Å²) in [5.41, 5.74) is 10.3. The number of nitrogens with zero attached hydrogens (tertiary/aromatic N) is 1. The minimum Gasteiger partial charge on any atom is -0.456 e. The second-order valence-corrected chi connectivity index (χ2v) is 9.81. The normalized spacial score (nSPS) is 11.7. The highest BCUT2D eigenvalue weighted by atomic mass is 16.3. The van der Waals surface area contributed by atoms with E-state index in [1.807, 2.05) is 12.1 Å².